The second-order valence-electron chi connectivity index (χ2n) is 5.45. The Kier molecular flexibility index (Phi) is 2.75. The van der Waals surface area contributed by atoms with Crippen molar-refractivity contribution in [2.24, 2.45) is 11.3 Å². The summed E-state index contributed by atoms with van der Waals surface area (Å²) in [6.07, 6.45) is 0.943. The zero-order valence-electron chi connectivity index (χ0n) is 10.2. The maximum Gasteiger partial charge on any atom is 0.223 e. The van der Waals surface area contributed by atoms with Crippen molar-refractivity contribution in [1.29, 1.82) is 0 Å². The average Bonchev–Trinajstić information content (AvgIpc) is 2.24. The third-order valence-electron chi connectivity index (χ3n) is 3.48. The minimum absolute atomic E-state index is 0.120. The molecule has 1 aromatic rings. The van der Waals surface area contributed by atoms with E-state index >= 15 is 0 Å². The third kappa shape index (κ3) is 1.97. The van der Waals surface area contributed by atoms with Gasteiger partial charge in [-0.25, -0.2) is 0 Å². The van der Waals surface area contributed by atoms with Crippen LogP contribution in [0.25, 0.3) is 0 Å². The Labute approximate surface area is 97.1 Å². The van der Waals surface area contributed by atoms with Crippen LogP contribution in [0.2, 0.25) is 0 Å². The van der Waals surface area contributed by atoms with Gasteiger partial charge in [0.05, 0.1) is 6.04 Å². The van der Waals surface area contributed by atoms with Gasteiger partial charge < -0.3 is 5.32 Å². The quantitative estimate of drug-likeness (QED) is 0.770. The van der Waals surface area contributed by atoms with Crippen LogP contribution in [-0.2, 0) is 4.79 Å². The number of hydrogen-bond donors (Lipinski definition) is 1. The van der Waals surface area contributed by atoms with E-state index in [1.165, 1.54) is 5.56 Å². The molecule has 1 saturated heterocycles. The van der Waals surface area contributed by atoms with Crippen molar-refractivity contribution in [1.82, 2.24) is 5.32 Å². The van der Waals surface area contributed by atoms with E-state index in [2.05, 4.69) is 31.3 Å². The molecule has 2 nitrogen and oxygen atoms in total. The summed E-state index contributed by atoms with van der Waals surface area (Å²) in [6.45, 7) is 6.44. The molecule has 2 rings (SSSR count). The first-order valence-corrected chi connectivity index (χ1v) is 5.86. The molecule has 1 aliphatic heterocycles. The first kappa shape index (κ1) is 11.2. The summed E-state index contributed by atoms with van der Waals surface area (Å²) in [6, 6.07) is 10.4. The van der Waals surface area contributed by atoms with E-state index in [4.69, 9.17) is 0 Å². The van der Waals surface area contributed by atoms with E-state index in [-0.39, 0.29) is 23.3 Å². The van der Waals surface area contributed by atoms with E-state index in [9.17, 15) is 4.79 Å². The van der Waals surface area contributed by atoms with Crippen molar-refractivity contribution < 1.29 is 4.79 Å². The lowest BCUT2D eigenvalue weighted by Gasteiger charge is -2.42. The number of nitrogens with one attached hydrogen (secondary N) is 1. The van der Waals surface area contributed by atoms with Gasteiger partial charge in [0.1, 0.15) is 0 Å². The number of rotatable bonds is 1. The molecule has 1 heterocycles. The van der Waals surface area contributed by atoms with Crippen LogP contribution in [0.3, 0.4) is 0 Å². The molecule has 0 spiro atoms. The first-order chi connectivity index (χ1) is 7.50. The first-order valence-electron chi connectivity index (χ1n) is 5.86. The fourth-order valence-corrected chi connectivity index (χ4v) is 2.66. The Bertz CT molecular complexity index is 383. The fraction of sp³-hybridized carbons (Fsp3) is 0.500. The van der Waals surface area contributed by atoms with Crippen LogP contribution < -0.4 is 5.32 Å². The van der Waals surface area contributed by atoms with Gasteiger partial charge >= 0.3 is 0 Å². The zero-order valence-corrected chi connectivity index (χ0v) is 10.2. The van der Waals surface area contributed by atoms with Crippen molar-refractivity contribution in [2.75, 3.05) is 0 Å². The average molecular weight is 217 g/mol. The van der Waals surface area contributed by atoms with Crippen LogP contribution in [0.1, 0.15) is 38.8 Å². The highest BCUT2D eigenvalue weighted by Crippen LogP contribution is 2.42. The monoisotopic (exact) mass is 217 g/mol. The summed E-state index contributed by atoms with van der Waals surface area (Å²) < 4.78 is 0. The lowest BCUT2D eigenvalue weighted by molar-refractivity contribution is -0.130. The Morgan fingerprint density at radius 2 is 1.88 bits per heavy atom. The molecule has 1 fully saturated rings. The molecular weight excluding hydrogens is 198 g/mol. The number of amides is 1. The summed E-state index contributed by atoms with van der Waals surface area (Å²) in [7, 11) is 0. The van der Waals surface area contributed by atoms with E-state index < -0.39 is 0 Å². The number of hydrogen-bond acceptors (Lipinski definition) is 1. The molecule has 0 unspecified atom stereocenters. The zero-order chi connectivity index (χ0) is 11.8. The molecule has 0 radical (unpaired) electrons. The molecule has 1 aliphatic rings. The minimum atomic E-state index is 0.120. The predicted molar refractivity (Wildman–Crippen MR) is 64.9 cm³/mol. The Hall–Kier alpha value is -1.31. The number of carbonyl (C=O) groups is 1. The van der Waals surface area contributed by atoms with Crippen LogP contribution in [0.15, 0.2) is 30.3 Å². The van der Waals surface area contributed by atoms with Gasteiger partial charge in [-0.2, -0.15) is 0 Å². The predicted octanol–water partition coefficient (Wildman–Crippen LogP) is 2.91. The van der Waals surface area contributed by atoms with E-state index in [0.717, 1.165) is 6.42 Å². The van der Waals surface area contributed by atoms with Gasteiger partial charge in [0, 0.05) is 5.92 Å². The highest BCUT2D eigenvalue weighted by Gasteiger charge is 2.39. The van der Waals surface area contributed by atoms with E-state index in [0.29, 0.717) is 0 Å². The Morgan fingerprint density at radius 1 is 1.25 bits per heavy atom. The summed E-state index contributed by atoms with van der Waals surface area (Å²) in [4.78, 5) is 11.8. The minimum Gasteiger partial charge on any atom is -0.349 e. The van der Waals surface area contributed by atoms with Crippen molar-refractivity contribution >= 4 is 5.91 Å². The van der Waals surface area contributed by atoms with Crippen molar-refractivity contribution in [3.8, 4) is 0 Å². The summed E-state index contributed by atoms with van der Waals surface area (Å²) in [5.74, 6) is 0.295. The van der Waals surface area contributed by atoms with Crippen molar-refractivity contribution in [2.45, 2.75) is 33.2 Å². The molecule has 2 atom stereocenters. The van der Waals surface area contributed by atoms with E-state index in [1.54, 1.807) is 0 Å². The molecule has 1 N–H and O–H groups in total. The van der Waals surface area contributed by atoms with Crippen LogP contribution >= 0.6 is 0 Å². The highest BCUT2D eigenvalue weighted by atomic mass is 16.2. The van der Waals surface area contributed by atoms with E-state index in [1.807, 2.05) is 25.1 Å². The SMILES string of the molecule is C[C@@H]1CC(C)(C)[C@@H](c2ccccc2)NC1=O. The fourth-order valence-electron chi connectivity index (χ4n) is 2.66. The Morgan fingerprint density at radius 3 is 2.50 bits per heavy atom. The van der Waals surface area contributed by atoms with Gasteiger partial charge in [-0.1, -0.05) is 51.1 Å². The summed E-state index contributed by atoms with van der Waals surface area (Å²) in [5.41, 5.74) is 1.32. The molecule has 1 amide bonds. The number of carbonyl (C=O) groups excluding carboxylic acids is 1. The lowest BCUT2D eigenvalue weighted by atomic mass is 9.71. The molecule has 0 saturated carbocycles. The molecule has 2 heteroatoms. The lowest BCUT2D eigenvalue weighted by Crippen LogP contribution is -2.47. The van der Waals surface area contributed by atoms with Crippen LogP contribution in [0.5, 0.6) is 0 Å². The maximum absolute atomic E-state index is 11.8. The smallest absolute Gasteiger partial charge is 0.223 e. The van der Waals surface area contributed by atoms with Gasteiger partial charge in [0.2, 0.25) is 5.91 Å². The molecule has 16 heavy (non-hydrogen) atoms. The van der Waals surface area contributed by atoms with Crippen molar-refractivity contribution in [3.63, 3.8) is 0 Å². The van der Waals surface area contributed by atoms with Crippen LogP contribution in [0, 0.1) is 11.3 Å². The highest BCUT2D eigenvalue weighted by molar-refractivity contribution is 5.80. The molecular formula is C14H19NO. The van der Waals surface area contributed by atoms with Crippen LogP contribution in [-0.4, -0.2) is 5.91 Å². The standard InChI is InChI=1S/C14H19NO/c1-10-9-14(2,3)12(15-13(10)16)11-7-5-4-6-8-11/h4-8,10,12H,9H2,1-3H3,(H,15,16)/t10-,12-/m1/s1. The normalized spacial score (nSPS) is 28.6. The van der Waals surface area contributed by atoms with Gasteiger partial charge in [0.15, 0.2) is 0 Å². The Balaban J connectivity index is 2.30. The van der Waals surface area contributed by atoms with Gasteiger partial charge in [0.25, 0.3) is 0 Å². The second-order valence-corrected chi connectivity index (χ2v) is 5.45. The van der Waals surface area contributed by atoms with Crippen molar-refractivity contribution in [3.05, 3.63) is 35.9 Å². The molecule has 0 bridgehead atoms. The molecule has 86 valence electrons. The molecule has 1 aromatic carbocycles. The summed E-state index contributed by atoms with van der Waals surface area (Å²) in [5, 5.41) is 3.13. The van der Waals surface area contributed by atoms with Gasteiger partial charge in [-0.15, -0.1) is 0 Å². The summed E-state index contributed by atoms with van der Waals surface area (Å²) >= 11 is 0. The number of benzene rings is 1. The largest absolute Gasteiger partial charge is 0.349 e. The van der Waals surface area contributed by atoms with Gasteiger partial charge in [-0.3, -0.25) is 4.79 Å². The maximum atomic E-state index is 11.8. The number of piperidine rings is 1. The molecule has 0 aromatic heterocycles. The van der Waals surface area contributed by atoms with Gasteiger partial charge in [-0.05, 0) is 17.4 Å². The molecule has 0 aliphatic carbocycles. The van der Waals surface area contributed by atoms with Crippen LogP contribution in [0.4, 0.5) is 0 Å². The second kappa shape index (κ2) is 3.93. The topological polar surface area (TPSA) is 29.1 Å². The third-order valence-corrected chi connectivity index (χ3v) is 3.48.